The summed E-state index contributed by atoms with van der Waals surface area (Å²) in [6.07, 6.45) is 0. The van der Waals surface area contributed by atoms with Crippen molar-refractivity contribution in [2.24, 2.45) is 0 Å². The summed E-state index contributed by atoms with van der Waals surface area (Å²) in [7, 11) is 4.68. The number of likely N-dealkylation sites (N-methyl/N-ethyl adjacent to an activating group) is 3. The molecule has 0 saturated carbocycles. The van der Waals surface area contributed by atoms with Gasteiger partial charge in [-0.2, -0.15) is 0 Å². The number of nitrogens with one attached hydrogen (secondary N) is 3. The molecule has 0 saturated heterocycles. The van der Waals surface area contributed by atoms with E-state index in [1.54, 1.807) is 21.1 Å². The Morgan fingerprint density at radius 2 is 1.69 bits per heavy atom. The summed E-state index contributed by atoms with van der Waals surface area (Å²) in [5.41, 5.74) is -1.23. The number of carbonyl (C=O) groups is 1. The topological polar surface area (TPSA) is 82.6 Å². The lowest BCUT2D eigenvalue weighted by atomic mass is 10.1. The first-order valence-corrected chi connectivity index (χ1v) is 4.94. The summed E-state index contributed by atoms with van der Waals surface area (Å²) < 4.78 is 5.18. The van der Waals surface area contributed by atoms with Gasteiger partial charge < -0.3 is 9.84 Å². The molecule has 0 heterocycles. The molecule has 0 spiro atoms. The predicted molar refractivity (Wildman–Crippen MR) is 61.4 cm³/mol. The van der Waals surface area contributed by atoms with Gasteiger partial charge in [0.05, 0.1) is 0 Å². The van der Waals surface area contributed by atoms with Crippen LogP contribution in [-0.2, 0) is 9.53 Å². The van der Waals surface area contributed by atoms with Crippen molar-refractivity contribution in [2.75, 3.05) is 21.1 Å². The van der Waals surface area contributed by atoms with E-state index in [2.05, 4.69) is 22.5 Å². The molecule has 0 bridgehead atoms. The molecule has 0 aromatic heterocycles. The highest BCUT2D eigenvalue weighted by Crippen LogP contribution is 2.18. The number of esters is 1. The van der Waals surface area contributed by atoms with Crippen molar-refractivity contribution in [1.29, 1.82) is 0 Å². The second-order valence-electron chi connectivity index (χ2n) is 3.67. The summed E-state index contributed by atoms with van der Waals surface area (Å²) in [5, 5.41) is 18.2. The molecule has 1 unspecified atom stereocenters. The lowest BCUT2D eigenvalue weighted by Gasteiger charge is -2.43. The van der Waals surface area contributed by atoms with Crippen LogP contribution in [0.5, 0.6) is 0 Å². The fourth-order valence-corrected chi connectivity index (χ4v) is 1.22. The number of ether oxygens (including phenoxy) is 1. The Labute approximate surface area is 96.1 Å². The Morgan fingerprint density at radius 1 is 1.25 bits per heavy atom. The molecule has 1 atom stereocenters. The average molecular weight is 231 g/mol. The standard InChI is InChI=1S/C10H21N3O3/c1-7(2)8(14)16-10(12-5,13-6)9(3,15)11-4/h11-13,15H,1H2,2-6H3. The molecule has 6 nitrogen and oxygen atoms in total. The van der Waals surface area contributed by atoms with Crippen LogP contribution in [-0.4, -0.2) is 43.8 Å². The molecule has 0 rings (SSSR count). The Morgan fingerprint density at radius 3 is 1.94 bits per heavy atom. The molecule has 0 amide bonds. The maximum Gasteiger partial charge on any atom is 0.336 e. The molecule has 0 aromatic carbocycles. The van der Waals surface area contributed by atoms with E-state index in [-0.39, 0.29) is 5.57 Å². The molecule has 0 radical (unpaired) electrons. The van der Waals surface area contributed by atoms with Gasteiger partial charge in [-0.1, -0.05) is 6.58 Å². The second-order valence-corrected chi connectivity index (χ2v) is 3.67. The second kappa shape index (κ2) is 5.40. The van der Waals surface area contributed by atoms with E-state index in [0.29, 0.717) is 0 Å². The van der Waals surface area contributed by atoms with E-state index in [9.17, 15) is 9.90 Å². The number of carbonyl (C=O) groups excluding carboxylic acids is 1. The van der Waals surface area contributed by atoms with Gasteiger partial charge in [0.25, 0.3) is 5.85 Å². The fraction of sp³-hybridized carbons (Fsp3) is 0.700. The highest BCUT2D eigenvalue weighted by atomic mass is 16.6. The summed E-state index contributed by atoms with van der Waals surface area (Å²) in [6, 6.07) is 0. The number of aliphatic hydroxyl groups is 1. The molecule has 0 aliphatic carbocycles. The van der Waals surface area contributed by atoms with Crippen LogP contribution >= 0.6 is 0 Å². The molecule has 16 heavy (non-hydrogen) atoms. The van der Waals surface area contributed by atoms with Gasteiger partial charge in [-0.05, 0) is 35.0 Å². The number of rotatable bonds is 6. The first-order chi connectivity index (χ1) is 7.26. The van der Waals surface area contributed by atoms with Crippen LogP contribution in [0.4, 0.5) is 0 Å². The zero-order valence-electron chi connectivity index (χ0n) is 10.5. The molecular formula is C10H21N3O3. The number of hydrogen-bond acceptors (Lipinski definition) is 6. The van der Waals surface area contributed by atoms with Crippen molar-refractivity contribution in [3.63, 3.8) is 0 Å². The van der Waals surface area contributed by atoms with Crippen LogP contribution in [0.2, 0.25) is 0 Å². The van der Waals surface area contributed by atoms with E-state index in [1.807, 2.05) is 0 Å². The van der Waals surface area contributed by atoms with Gasteiger partial charge in [0, 0.05) is 5.57 Å². The molecule has 94 valence electrons. The van der Waals surface area contributed by atoms with Crippen molar-refractivity contribution in [3.8, 4) is 0 Å². The Hall–Kier alpha value is -0.950. The molecular weight excluding hydrogens is 210 g/mol. The molecule has 4 N–H and O–H groups in total. The molecule has 0 aliphatic heterocycles. The largest absolute Gasteiger partial charge is 0.422 e. The Balaban J connectivity index is 5.11. The Bertz CT molecular complexity index is 272. The fourth-order valence-electron chi connectivity index (χ4n) is 1.22. The van der Waals surface area contributed by atoms with E-state index < -0.39 is 17.5 Å². The Kier molecular flexibility index (Phi) is 5.08. The molecule has 0 fully saturated rings. The first-order valence-electron chi connectivity index (χ1n) is 4.94. The average Bonchev–Trinajstić information content (AvgIpc) is 2.25. The minimum absolute atomic E-state index is 0.252. The highest BCUT2D eigenvalue weighted by Gasteiger charge is 2.48. The first kappa shape index (κ1) is 15.0. The lowest BCUT2D eigenvalue weighted by molar-refractivity contribution is -0.216. The predicted octanol–water partition coefficient (Wildman–Crippen LogP) is -0.874. The van der Waals surface area contributed by atoms with Gasteiger partial charge >= 0.3 is 5.97 Å². The normalized spacial score (nSPS) is 15.4. The van der Waals surface area contributed by atoms with Crippen molar-refractivity contribution in [2.45, 2.75) is 25.4 Å². The van der Waals surface area contributed by atoms with Crippen LogP contribution < -0.4 is 16.0 Å². The maximum atomic E-state index is 11.5. The minimum atomic E-state index is -1.48. The summed E-state index contributed by atoms with van der Waals surface area (Å²) >= 11 is 0. The minimum Gasteiger partial charge on any atom is -0.422 e. The number of hydrogen-bond donors (Lipinski definition) is 4. The molecule has 0 aromatic rings. The van der Waals surface area contributed by atoms with Crippen LogP contribution in [0, 0.1) is 0 Å². The zero-order valence-corrected chi connectivity index (χ0v) is 10.5. The van der Waals surface area contributed by atoms with Crippen LogP contribution in [0.15, 0.2) is 12.2 Å². The summed E-state index contributed by atoms with van der Waals surface area (Å²) in [6.45, 7) is 6.50. The van der Waals surface area contributed by atoms with Crippen LogP contribution in [0.25, 0.3) is 0 Å². The maximum absolute atomic E-state index is 11.5. The van der Waals surface area contributed by atoms with Gasteiger partial charge in [0.15, 0.2) is 5.72 Å². The highest BCUT2D eigenvalue weighted by molar-refractivity contribution is 5.87. The van der Waals surface area contributed by atoms with Gasteiger partial charge in [-0.3, -0.25) is 16.0 Å². The van der Waals surface area contributed by atoms with E-state index in [0.717, 1.165) is 0 Å². The van der Waals surface area contributed by atoms with Crippen LogP contribution in [0.1, 0.15) is 13.8 Å². The van der Waals surface area contributed by atoms with Crippen molar-refractivity contribution in [1.82, 2.24) is 16.0 Å². The van der Waals surface area contributed by atoms with Crippen molar-refractivity contribution < 1.29 is 14.6 Å². The SMILES string of the molecule is C=C(C)C(=O)OC(NC)(NC)C(C)(O)NC. The van der Waals surface area contributed by atoms with Crippen molar-refractivity contribution in [3.05, 3.63) is 12.2 Å². The van der Waals surface area contributed by atoms with Gasteiger partial charge in [-0.15, -0.1) is 0 Å². The molecule has 6 heteroatoms. The van der Waals surface area contributed by atoms with Gasteiger partial charge in [0.2, 0.25) is 0 Å². The van der Waals surface area contributed by atoms with Crippen LogP contribution in [0.3, 0.4) is 0 Å². The quantitative estimate of drug-likeness (QED) is 0.270. The smallest absolute Gasteiger partial charge is 0.336 e. The van der Waals surface area contributed by atoms with Gasteiger partial charge in [0.1, 0.15) is 0 Å². The van der Waals surface area contributed by atoms with E-state index in [4.69, 9.17) is 4.74 Å². The zero-order chi connectivity index (χ0) is 13.0. The molecule has 0 aliphatic rings. The third kappa shape index (κ3) is 2.79. The van der Waals surface area contributed by atoms with E-state index in [1.165, 1.54) is 13.8 Å². The van der Waals surface area contributed by atoms with E-state index >= 15 is 0 Å². The lowest BCUT2D eigenvalue weighted by Crippen LogP contribution is -2.74. The summed E-state index contributed by atoms with van der Waals surface area (Å²) in [5.74, 6) is -2.03. The third-order valence-corrected chi connectivity index (χ3v) is 2.47. The van der Waals surface area contributed by atoms with Gasteiger partial charge in [-0.25, -0.2) is 4.79 Å². The summed E-state index contributed by atoms with van der Waals surface area (Å²) in [4.78, 5) is 11.5. The van der Waals surface area contributed by atoms with Crippen molar-refractivity contribution >= 4 is 5.97 Å². The third-order valence-electron chi connectivity index (χ3n) is 2.47. The monoisotopic (exact) mass is 231 g/mol.